The molecule has 0 aromatic heterocycles. The number of amidine groups is 1. The number of halogens is 1. The van der Waals surface area contributed by atoms with E-state index in [1.165, 1.54) is 0 Å². The fourth-order valence-corrected chi connectivity index (χ4v) is 1.17. The molecule has 0 atom stereocenters. The SMILES string of the molecule is CCOc1ccc(Cl)cc1C(=N)N. The minimum Gasteiger partial charge on any atom is -0.493 e. The van der Waals surface area contributed by atoms with Crippen molar-refractivity contribution in [2.24, 2.45) is 5.73 Å². The van der Waals surface area contributed by atoms with Crippen LogP contribution in [0.5, 0.6) is 5.75 Å². The van der Waals surface area contributed by atoms with E-state index in [1.54, 1.807) is 18.2 Å². The van der Waals surface area contributed by atoms with E-state index in [-0.39, 0.29) is 5.84 Å². The van der Waals surface area contributed by atoms with Crippen molar-refractivity contribution < 1.29 is 4.74 Å². The quantitative estimate of drug-likeness (QED) is 0.577. The van der Waals surface area contributed by atoms with E-state index in [0.29, 0.717) is 22.9 Å². The summed E-state index contributed by atoms with van der Waals surface area (Å²) in [6.07, 6.45) is 0. The Morgan fingerprint density at radius 3 is 2.85 bits per heavy atom. The van der Waals surface area contributed by atoms with Crippen LogP contribution in [0.25, 0.3) is 0 Å². The van der Waals surface area contributed by atoms with E-state index in [1.807, 2.05) is 6.92 Å². The molecule has 1 aromatic carbocycles. The fraction of sp³-hybridized carbons (Fsp3) is 0.222. The third-order valence-electron chi connectivity index (χ3n) is 1.53. The van der Waals surface area contributed by atoms with Gasteiger partial charge in [-0.1, -0.05) is 11.6 Å². The molecule has 0 spiro atoms. The Morgan fingerprint density at radius 2 is 2.31 bits per heavy atom. The van der Waals surface area contributed by atoms with Gasteiger partial charge < -0.3 is 10.5 Å². The Labute approximate surface area is 82.0 Å². The molecule has 1 aromatic rings. The van der Waals surface area contributed by atoms with Crippen molar-refractivity contribution in [3.63, 3.8) is 0 Å². The van der Waals surface area contributed by atoms with Gasteiger partial charge in [0.15, 0.2) is 0 Å². The van der Waals surface area contributed by atoms with Crippen LogP contribution in [0.1, 0.15) is 12.5 Å². The Balaban J connectivity index is 3.10. The van der Waals surface area contributed by atoms with Crippen LogP contribution in [0, 0.1) is 5.41 Å². The fourth-order valence-electron chi connectivity index (χ4n) is 0.994. The second-order valence-electron chi connectivity index (χ2n) is 2.49. The highest BCUT2D eigenvalue weighted by molar-refractivity contribution is 6.31. The van der Waals surface area contributed by atoms with Crippen LogP contribution in [-0.2, 0) is 0 Å². The van der Waals surface area contributed by atoms with Gasteiger partial charge in [-0.05, 0) is 25.1 Å². The third kappa shape index (κ3) is 2.36. The smallest absolute Gasteiger partial charge is 0.130 e. The molecular weight excluding hydrogens is 188 g/mol. The first-order chi connectivity index (χ1) is 6.15. The summed E-state index contributed by atoms with van der Waals surface area (Å²) in [6, 6.07) is 5.04. The highest BCUT2D eigenvalue weighted by Gasteiger charge is 2.06. The van der Waals surface area contributed by atoms with Gasteiger partial charge in [-0.25, -0.2) is 0 Å². The predicted molar refractivity (Wildman–Crippen MR) is 53.6 cm³/mol. The molecule has 0 fully saturated rings. The maximum atomic E-state index is 7.29. The molecule has 4 heteroatoms. The van der Waals surface area contributed by atoms with Gasteiger partial charge in [0.2, 0.25) is 0 Å². The van der Waals surface area contributed by atoms with Crippen molar-refractivity contribution in [1.29, 1.82) is 5.41 Å². The standard InChI is InChI=1S/C9H11ClN2O/c1-2-13-8-4-3-6(10)5-7(8)9(11)12/h3-5H,2H2,1H3,(H3,11,12). The van der Waals surface area contributed by atoms with E-state index in [0.717, 1.165) is 0 Å². The number of nitrogen functional groups attached to an aromatic ring is 1. The first-order valence-electron chi connectivity index (χ1n) is 3.92. The van der Waals surface area contributed by atoms with Crippen LogP contribution >= 0.6 is 11.6 Å². The summed E-state index contributed by atoms with van der Waals surface area (Å²) >= 11 is 5.75. The lowest BCUT2D eigenvalue weighted by atomic mass is 10.2. The van der Waals surface area contributed by atoms with Crippen molar-refractivity contribution in [3.8, 4) is 5.75 Å². The summed E-state index contributed by atoms with van der Waals surface area (Å²) in [5, 5.41) is 7.84. The molecule has 13 heavy (non-hydrogen) atoms. The highest BCUT2D eigenvalue weighted by Crippen LogP contribution is 2.22. The van der Waals surface area contributed by atoms with Gasteiger partial charge >= 0.3 is 0 Å². The number of hydrogen-bond acceptors (Lipinski definition) is 2. The summed E-state index contributed by atoms with van der Waals surface area (Å²) in [7, 11) is 0. The lowest BCUT2D eigenvalue weighted by Gasteiger charge is -2.08. The normalized spacial score (nSPS) is 9.69. The van der Waals surface area contributed by atoms with Crippen LogP contribution in [0.4, 0.5) is 0 Å². The molecule has 0 aliphatic carbocycles. The van der Waals surface area contributed by atoms with Crippen LogP contribution in [0.15, 0.2) is 18.2 Å². The van der Waals surface area contributed by atoms with Crippen molar-refractivity contribution >= 4 is 17.4 Å². The van der Waals surface area contributed by atoms with Crippen molar-refractivity contribution in [2.75, 3.05) is 6.61 Å². The van der Waals surface area contributed by atoms with Gasteiger partial charge in [0.05, 0.1) is 12.2 Å². The van der Waals surface area contributed by atoms with Crippen molar-refractivity contribution in [3.05, 3.63) is 28.8 Å². The minimum atomic E-state index is -0.0362. The zero-order valence-corrected chi connectivity index (χ0v) is 8.06. The second kappa shape index (κ2) is 4.14. The molecule has 0 saturated carbocycles. The van der Waals surface area contributed by atoms with E-state index in [9.17, 15) is 0 Å². The third-order valence-corrected chi connectivity index (χ3v) is 1.77. The summed E-state index contributed by atoms with van der Waals surface area (Å²) in [4.78, 5) is 0. The summed E-state index contributed by atoms with van der Waals surface area (Å²) in [6.45, 7) is 2.42. The summed E-state index contributed by atoms with van der Waals surface area (Å²) in [5.41, 5.74) is 5.89. The van der Waals surface area contributed by atoms with Crippen molar-refractivity contribution in [1.82, 2.24) is 0 Å². The average molecular weight is 199 g/mol. The zero-order valence-electron chi connectivity index (χ0n) is 7.30. The Kier molecular flexibility index (Phi) is 3.14. The van der Waals surface area contributed by atoms with E-state index in [4.69, 9.17) is 27.5 Å². The molecule has 0 aliphatic rings. The van der Waals surface area contributed by atoms with Crippen LogP contribution in [0.2, 0.25) is 5.02 Å². The van der Waals surface area contributed by atoms with Gasteiger partial charge in [0.25, 0.3) is 0 Å². The van der Waals surface area contributed by atoms with Crippen LogP contribution < -0.4 is 10.5 Å². The Hall–Kier alpha value is -1.22. The zero-order chi connectivity index (χ0) is 9.84. The second-order valence-corrected chi connectivity index (χ2v) is 2.92. The number of ether oxygens (including phenoxy) is 1. The molecule has 0 radical (unpaired) electrons. The molecule has 0 saturated heterocycles. The van der Waals surface area contributed by atoms with E-state index >= 15 is 0 Å². The van der Waals surface area contributed by atoms with Crippen LogP contribution in [-0.4, -0.2) is 12.4 Å². The lowest BCUT2D eigenvalue weighted by molar-refractivity contribution is 0.339. The summed E-state index contributed by atoms with van der Waals surface area (Å²) < 4.78 is 5.27. The summed E-state index contributed by atoms with van der Waals surface area (Å²) in [5.74, 6) is 0.561. The Bertz CT molecular complexity index is 325. The van der Waals surface area contributed by atoms with Gasteiger partial charge in [0.1, 0.15) is 11.6 Å². The molecule has 0 heterocycles. The molecular formula is C9H11ClN2O. The van der Waals surface area contributed by atoms with E-state index in [2.05, 4.69) is 0 Å². The molecule has 3 N–H and O–H groups in total. The molecule has 70 valence electrons. The van der Waals surface area contributed by atoms with Gasteiger partial charge in [-0.3, -0.25) is 5.41 Å². The number of rotatable bonds is 3. The monoisotopic (exact) mass is 198 g/mol. The molecule has 3 nitrogen and oxygen atoms in total. The van der Waals surface area contributed by atoms with Crippen molar-refractivity contribution in [2.45, 2.75) is 6.92 Å². The predicted octanol–water partition coefficient (Wildman–Crippen LogP) is 2.02. The molecule has 1 rings (SSSR count). The maximum absolute atomic E-state index is 7.29. The average Bonchev–Trinajstić information content (AvgIpc) is 2.08. The minimum absolute atomic E-state index is 0.0362. The largest absolute Gasteiger partial charge is 0.493 e. The first kappa shape index (κ1) is 9.86. The molecule has 0 bridgehead atoms. The van der Waals surface area contributed by atoms with Crippen LogP contribution in [0.3, 0.4) is 0 Å². The molecule has 0 unspecified atom stereocenters. The topological polar surface area (TPSA) is 59.1 Å². The number of benzene rings is 1. The van der Waals surface area contributed by atoms with E-state index < -0.39 is 0 Å². The molecule has 0 aliphatic heterocycles. The Morgan fingerprint density at radius 1 is 1.62 bits per heavy atom. The molecule has 0 amide bonds. The van der Waals surface area contributed by atoms with Gasteiger partial charge in [-0.15, -0.1) is 0 Å². The number of nitrogens with one attached hydrogen (secondary N) is 1. The first-order valence-corrected chi connectivity index (χ1v) is 4.29. The number of hydrogen-bond donors (Lipinski definition) is 2. The maximum Gasteiger partial charge on any atom is 0.130 e. The highest BCUT2D eigenvalue weighted by atomic mass is 35.5. The number of nitrogens with two attached hydrogens (primary N) is 1. The lowest BCUT2D eigenvalue weighted by Crippen LogP contribution is -2.13. The van der Waals surface area contributed by atoms with Gasteiger partial charge in [0, 0.05) is 5.02 Å². The van der Waals surface area contributed by atoms with Gasteiger partial charge in [-0.2, -0.15) is 0 Å².